The van der Waals surface area contributed by atoms with E-state index in [1.807, 2.05) is 6.07 Å². The van der Waals surface area contributed by atoms with Crippen LogP contribution in [0.5, 0.6) is 0 Å². The van der Waals surface area contributed by atoms with Gasteiger partial charge in [-0.05, 0) is 53.9 Å². The van der Waals surface area contributed by atoms with Gasteiger partial charge in [-0.2, -0.15) is 0 Å². The zero-order valence-corrected chi connectivity index (χ0v) is 17.8. The van der Waals surface area contributed by atoms with Crippen molar-refractivity contribution < 1.29 is 14.0 Å². The van der Waals surface area contributed by atoms with Crippen molar-refractivity contribution in [1.82, 2.24) is 15.2 Å². The third kappa shape index (κ3) is 6.62. The molecule has 0 aliphatic carbocycles. The van der Waals surface area contributed by atoms with Crippen molar-refractivity contribution in [2.75, 3.05) is 0 Å². The predicted molar refractivity (Wildman–Crippen MR) is 118 cm³/mol. The van der Waals surface area contributed by atoms with Gasteiger partial charge in [0, 0.05) is 30.5 Å². The van der Waals surface area contributed by atoms with Crippen molar-refractivity contribution in [3.05, 3.63) is 101 Å². The smallest absolute Gasteiger partial charge is 0.242 e. The van der Waals surface area contributed by atoms with Gasteiger partial charge in [0.05, 0.1) is 6.42 Å². The van der Waals surface area contributed by atoms with E-state index in [0.29, 0.717) is 11.6 Å². The summed E-state index contributed by atoms with van der Waals surface area (Å²) in [4.78, 5) is 31.5. The van der Waals surface area contributed by atoms with E-state index in [-0.39, 0.29) is 30.6 Å². The first-order valence-corrected chi connectivity index (χ1v) is 10.2. The van der Waals surface area contributed by atoms with Gasteiger partial charge in [-0.25, -0.2) is 4.39 Å². The molecule has 0 saturated heterocycles. The molecule has 1 N–H and O–H groups in total. The van der Waals surface area contributed by atoms with Gasteiger partial charge in [-0.1, -0.05) is 41.9 Å². The summed E-state index contributed by atoms with van der Waals surface area (Å²) in [6.45, 7) is 2.18. The molecule has 0 spiro atoms. The number of amides is 2. The monoisotopic (exact) mass is 439 g/mol. The number of hydrogen-bond acceptors (Lipinski definition) is 3. The maximum atomic E-state index is 13.3. The Kier molecular flexibility index (Phi) is 7.73. The molecule has 3 aromatic rings. The molecule has 0 saturated carbocycles. The SMILES string of the molecule is C[C@@H](C(=O)NCc1cccnc1)N(Cc1ccc(F)cc1)C(=O)Cc1ccc(Cl)cc1. The molecular formula is C24H23ClFN3O2. The molecule has 0 bridgehead atoms. The van der Waals surface area contributed by atoms with Crippen LogP contribution in [-0.2, 0) is 29.1 Å². The summed E-state index contributed by atoms with van der Waals surface area (Å²) in [5.74, 6) is -0.851. The fourth-order valence-electron chi connectivity index (χ4n) is 3.09. The third-order valence-electron chi connectivity index (χ3n) is 4.89. The van der Waals surface area contributed by atoms with Gasteiger partial charge in [0.25, 0.3) is 0 Å². The van der Waals surface area contributed by atoms with Crippen molar-refractivity contribution in [2.24, 2.45) is 0 Å². The molecule has 5 nitrogen and oxygen atoms in total. The van der Waals surface area contributed by atoms with Crippen LogP contribution in [0.3, 0.4) is 0 Å². The lowest BCUT2D eigenvalue weighted by atomic mass is 10.1. The second-order valence-corrected chi connectivity index (χ2v) is 7.64. The van der Waals surface area contributed by atoms with Gasteiger partial charge >= 0.3 is 0 Å². The molecule has 0 fully saturated rings. The highest BCUT2D eigenvalue weighted by Gasteiger charge is 2.26. The van der Waals surface area contributed by atoms with E-state index >= 15 is 0 Å². The largest absolute Gasteiger partial charge is 0.350 e. The first kappa shape index (κ1) is 22.4. The highest BCUT2D eigenvalue weighted by atomic mass is 35.5. The minimum absolute atomic E-state index is 0.124. The van der Waals surface area contributed by atoms with Crippen LogP contribution in [0.2, 0.25) is 5.02 Å². The minimum Gasteiger partial charge on any atom is -0.350 e. The molecule has 0 unspecified atom stereocenters. The molecule has 0 radical (unpaired) electrons. The average Bonchev–Trinajstić information content (AvgIpc) is 2.78. The van der Waals surface area contributed by atoms with Gasteiger partial charge in [0.1, 0.15) is 11.9 Å². The van der Waals surface area contributed by atoms with Crippen LogP contribution < -0.4 is 5.32 Å². The molecule has 1 atom stereocenters. The minimum atomic E-state index is -0.721. The van der Waals surface area contributed by atoms with Crippen LogP contribution in [0.1, 0.15) is 23.6 Å². The number of hydrogen-bond donors (Lipinski definition) is 1. The highest BCUT2D eigenvalue weighted by molar-refractivity contribution is 6.30. The lowest BCUT2D eigenvalue weighted by Gasteiger charge is -2.29. The molecule has 7 heteroatoms. The quantitative estimate of drug-likeness (QED) is 0.573. The average molecular weight is 440 g/mol. The maximum Gasteiger partial charge on any atom is 0.242 e. The second kappa shape index (κ2) is 10.7. The summed E-state index contributed by atoms with van der Waals surface area (Å²) in [5, 5.41) is 3.44. The van der Waals surface area contributed by atoms with E-state index in [9.17, 15) is 14.0 Å². The number of aromatic nitrogens is 1. The third-order valence-corrected chi connectivity index (χ3v) is 5.14. The van der Waals surface area contributed by atoms with E-state index in [4.69, 9.17) is 11.6 Å². The van der Waals surface area contributed by atoms with Crippen LogP contribution in [0.4, 0.5) is 4.39 Å². The Morgan fingerprint density at radius 3 is 2.35 bits per heavy atom. The molecule has 1 aromatic heterocycles. The van der Waals surface area contributed by atoms with Crippen molar-refractivity contribution in [3.63, 3.8) is 0 Å². The Hall–Kier alpha value is -3.25. The highest BCUT2D eigenvalue weighted by Crippen LogP contribution is 2.15. The predicted octanol–water partition coefficient (Wildman–Crippen LogP) is 4.15. The lowest BCUT2D eigenvalue weighted by Crippen LogP contribution is -2.48. The summed E-state index contributed by atoms with van der Waals surface area (Å²) < 4.78 is 13.3. The molecular weight excluding hydrogens is 417 g/mol. The van der Waals surface area contributed by atoms with E-state index in [1.165, 1.54) is 17.0 Å². The molecule has 31 heavy (non-hydrogen) atoms. The number of nitrogens with zero attached hydrogens (tertiary/aromatic N) is 2. The van der Waals surface area contributed by atoms with Gasteiger partial charge in [-0.15, -0.1) is 0 Å². The number of carbonyl (C=O) groups excluding carboxylic acids is 2. The molecule has 2 aromatic carbocycles. The molecule has 160 valence electrons. The first-order valence-electron chi connectivity index (χ1n) is 9.87. The van der Waals surface area contributed by atoms with Crippen LogP contribution in [0, 0.1) is 5.82 Å². The van der Waals surface area contributed by atoms with Crippen molar-refractivity contribution in [2.45, 2.75) is 32.5 Å². The Labute approximate surface area is 185 Å². The summed E-state index contributed by atoms with van der Waals surface area (Å²) in [6.07, 6.45) is 3.46. The summed E-state index contributed by atoms with van der Waals surface area (Å²) in [7, 11) is 0. The van der Waals surface area contributed by atoms with E-state index in [0.717, 1.165) is 16.7 Å². The summed E-state index contributed by atoms with van der Waals surface area (Å²) >= 11 is 5.92. The van der Waals surface area contributed by atoms with Crippen LogP contribution in [0.25, 0.3) is 0 Å². The molecule has 2 amide bonds. The zero-order chi connectivity index (χ0) is 22.2. The first-order chi connectivity index (χ1) is 14.9. The van der Waals surface area contributed by atoms with Gasteiger partial charge in [0.15, 0.2) is 0 Å². The number of rotatable bonds is 8. The number of benzene rings is 2. The number of halogens is 2. The van der Waals surface area contributed by atoms with Crippen molar-refractivity contribution >= 4 is 23.4 Å². The van der Waals surface area contributed by atoms with E-state index in [2.05, 4.69) is 10.3 Å². The molecule has 0 aliphatic rings. The van der Waals surface area contributed by atoms with Gasteiger partial charge in [-0.3, -0.25) is 14.6 Å². The van der Waals surface area contributed by atoms with Crippen molar-refractivity contribution in [3.8, 4) is 0 Å². The standard InChI is InChI=1S/C24H23ClFN3O2/c1-17(24(31)28-15-20-3-2-12-27-14-20)29(16-19-6-10-22(26)11-7-19)23(30)13-18-4-8-21(25)9-5-18/h2-12,14,17H,13,15-16H2,1H3,(H,28,31)/t17-/m0/s1. The van der Waals surface area contributed by atoms with E-state index in [1.54, 1.807) is 61.8 Å². The molecule has 0 aliphatic heterocycles. The Morgan fingerprint density at radius 2 is 1.71 bits per heavy atom. The zero-order valence-electron chi connectivity index (χ0n) is 17.1. The summed E-state index contributed by atoms with van der Waals surface area (Å²) in [5.41, 5.74) is 2.39. The Bertz CT molecular complexity index is 1010. The van der Waals surface area contributed by atoms with Crippen LogP contribution >= 0.6 is 11.6 Å². The van der Waals surface area contributed by atoms with Crippen molar-refractivity contribution in [1.29, 1.82) is 0 Å². The topological polar surface area (TPSA) is 62.3 Å². The molecule has 1 heterocycles. The Balaban J connectivity index is 1.74. The number of carbonyl (C=O) groups is 2. The Morgan fingerprint density at radius 1 is 1.03 bits per heavy atom. The van der Waals surface area contributed by atoms with Crippen LogP contribution in [0.15, 0.2) is 73.1 Å². The van der Waals surface area contributed by atoms with Gasteiger partial charge in [0.2, 0.25) is 11.8 Å². The molecule has 3 rings (SSSR count). The second-order valence-electron chi connectivity index (χ2n) is 7.21. The lowest BCUT2D eigenvalue weighted by molar-refractivity contribution is -0.140. The normalized spacial score (nSPS) is 11.6. The van der Waals surface area contributed by atoms with Crippen LogP contribution in [-0.4, -0.2) is 27.7 Å². The summed E-state index contributed by atoms with van der Waals surface area (Å²) in [6, 6.07) is 15.8. The van der Waals surface area contributed by atoms with E-state index < -0.39 is 6.04 Å². The number of pyridine rings is 1. The fourth-order valence-corrected chi connectivity index (χ4v) is 3.21. The fraction of sp³-hybridized carbons (Fsp3) is 0.208. The van der Waals surface area contributed by atoms with Gasteiger partial charge < -0.3 is 10.2 Å². The maximum absolute atomic E-state index is 13.3. The number of nitrogens with one attached hydrogen (secondary N) is 1.